The number of piperidine rings is 1. The van der Waals surface area contributed by atoms with Gasteiger partial charge in [0.1, 0.15) is 0 Å². The highest BCUT2D eigenvalue weighted by Gasteiger charge is 2.70. The molecule has 3 heteroatoms. The molecule has 0 aromatic rings. The van der Waals surface area contributed by atoms with Gasteiger partial charge in [0.2, 0.25) is 5.91 Å². The van der Waals surface area contributed by atoms with E-state index >= 15 is 0 Å². The van der Waals surface area contributed by atoms with E-state index in [0.29, 0.717) is 5.92 Å². The smallest absolute Gasteiger partial charge is 0.223 e. The fraction of sp³-hybridized carbons (Fsp3) is 0.909. The topological polar surface area (TPSA) is 55.1 Å². The van der Waals surface area contributed by atoms with Gasteiger partial charge in [-0.1, -0.05) is 0 Å². The van der Waals surface area contributed by atoms with Crippen LogP contribution in [0, 0.1) is 23.2 Å². The third-order valence-corrected chi connectivity index (χ3v) is 4.73. The summed E-state index contributed by atoms with van der Waals surface area (Å²) in [4.78, 5) is 11.4. The van der Waals surface area contributed by atoms with Crippen molar-refractivity contribution in [3.8, 4) is 0 Å². The zero-order chi connectivity index (χ0) is 9.76. The standard InChI is InChI=1S/C11H18N2O/c12-10(14)11-4-8(5-11)9(11)7-2-1-3-13-6-7/h7-9,13H,1-6H2,(H2,12,14)/t7-,8?,9?,11?/m1/s1. The zero-order valence-corrected chi connectivity index (χ0v) is 8.46. The number of carbonyl (C=O) groups is 1. The minimum atomic E-state index is -0.0612. The van der Waals surface area contributed by atoms with Gasteiger partial charge in [-0.05, 0) is 56.5 Å². The molecule has 1 unspecified atom stereocenters. The first-order chi connectivity index (χ1) is 6.74. The van der Waals surface area contributed by atoms with Gasteiger partial charge >= 0.3 is 0 Å². The number of rotatable bonds is 2. The lowest BCUT2D eigenvalue weighted by molar-refractivity contribution is -0.214. The maximum Gasteiger partial charge on any atom is 0.223 e. The lowest BCUT2D eigenvalue weighted by Gasteiger charge is -2.69. The number of nitrogens with two attached hydrogens (primary N) is 1. The van der Waals surface area contributed by atoms with Crippen molar-refractivity contribution in [3.05, 3.63) is 0 Å². The van der Waals surface area contributed by atoms with Crippen molar-refractivity contribution in [3.63, 3.8) is 0 Å². The molecule has 0 aromatic heterocycles. The van der Waals surface area contributed by atoms with Crippen LogP contribution in [0.4, 0.5) is 0 Å². The average Bonchev–Trinajstić information content (AvgIpc) is 2.00. The summed E-state index contributed by atoms with van der Waals surface area (Å²) in [5.74, 6) is 2.15. The van der Waals surface area contributed by atoms with Crippen LogP contribution in [0.2, 0.25) is 0 Å². The van der Waals surface area contributed by atoms with E-state index in [4.69, 9.17) is 5.73 Å². The Hall–Kier alpha value is -0.570. The van der Waals surface area contributed by atoms with Crippen LogP contribution in [0.1, 0.15) is 25.7 Å². The molecule has 2 atom stereocenters. The molecule has 3 nitrogen and oxygen atoms in total. The van der Waals surface area contributed by atoms with Gasteiger partial charge in [-0.3, -0.25) is 4.79 Å². The van der Waals surface area contributed by atoms with Crippen LogP contribution < -0.4 is 11.1 Å². The fourth-order valence-electron chi connectivity index (χ4n) is 3.92. The minimum Gasteiger partial charge on any atom is -0.369 e. The van der Waals surface area contributed by atoms with Crippen LogP contribution in [-0.2, 0) is 4.79 Å². The van der Waals surface area contributed by atoms with Crippen LogP contribution in [0.3, 0.4) is 0 Å². The molecule has 0 spiro atoms. The SMILES string of the molecule is NC(=O)C12CC(C1)C2[C@@H]1CCCNC1. The average molecular weight is 194 g/mol. The number of hydrogen-bond donors (Lipinski definition) is 2. The normalized spacial score (nSPS) is 50.4. The molecule has 3 aliphatic carbocycles. The van der Waals surface area contributed by atoms with Crippen molar-refractivity contribution in [2.75, 3.05) is 13.1 Å². The van der Waals surface area contributed by atoms with Crippen LogP contribution in [0.25, 0.3) is 0 Å². The van der Waals surface area contributed by atoms with E-state index in [-0.39, 0.29) is 11.3 Å². The maximum absolute atomic E-state index is 11.4. The minimum absolute atomic E-state index is 0.0319. The first-order valence-electron chi connectivity index (χ1n) is 5.75. The summed E-state index contributed by atoms with van der Waals surface area (Å²) in [6.45, 7) is 2.26. The van der Waals surface area contributed by atoms with Gasteiger partial charge in [-0.25, -0.2) is 0 Å². The Morgan fingerprint density at radius 1 is 1.36 bits per heavy atom. The predicted molar refractivity (Wildman–Crippen MR) is 53.4 cm³/mol. The molecule has 3 N–H and O–H groups in total. The molecule has 3 saturated carbocycles. The molecule has 2 bridgehead atoms. The Morgan fingerprint density at radius 3 is 2.57 bits per heavy atom. The summed E-state index contributed by atoms with van der Waals surface area (Å²) >= 11 is 0. The molecule has 78 valence electrons. The van der Waals surface area contributed by atoms with E-state index in [0.717, 1.165) is 37.8 Å². The maximum atomic E-state index is 11.4. The third kappa shape index (κ3) is 0.888. The molecule has 1 amide bonds. The van der Waals surface area contributed by atoms with Gasteiger partial charge in [0.05, 0.1) is 5.41 Å². The summed E-state index contributed by atoms with van der Waals surface area (Å²) < 4.78 is 0. The van der Waals surface area contributed by atoms with Crippen molar-refractivity contribution in [2.45, 2.75) is 25.7 Å². The van der Waals surface area contributed by atoms with Gasteiger partial charge in [-0.15, -0.1) is 0 Å². The van der Waals surface area contributed by atoms with Gasteiger partial charge in [0, 0.05) is 0 Å². The van der Waals surface area contributed by atoms with Crippen LogP contribution in [0.15, 0.2) is 0 Å². The Morgan fingerprint density at radius 2 is 2.14 bits per heavy atom. The van der Waals surface area contributed by atoms with Gasteiger partial charge < -0.3 is 11.1 Å². The molecule has 4 rings (SSSR count). The van der Waals surface area contributed by atoms with E-state index in [1.807, 2.05) is 0 Å². The number of hydrogen-bond acceptors (Lipinski definition) is 2. The van der Waals surface area contributed by atoms with Gasteiger partial charge in [0.25, 0.3) is 0 Å². The molecule has 4 fully saturated rings. The molecule has 1 aliphatic heterocycles. The van der Waals surface area contributed by atoms with E-state index in [9.17, 15) is 4.79 Å². The van der Waals surface area contributed by atoms with E-state index < -0.39 is 0 Å². The van der Waals surface area contributed by atoms with E-state index in [2.05, 4.69) is 5.32 Å². The molecular formula is C11H18N2O. The Balaban J connectivity index is 1.72. The zero-order valence-electron chi connectivity index (χ0n) is 8.46. The number of amides is 1. The molecular weight excluding hydrogens is 176 g/mol. The van der Waals surface area contributed by atoms with Crippen molar-refractivity contribution in [1.29, 1.82) is 0 Å². The molecule has 0 aromatic carbocycles. The quantitative estimate of drug-likeness (QED) is 0.672. The summed E-state index contributed by atoms with van der Waals surface area (Å²) in [6.07, 6.45) is 4.74. The lowest BCUT2D eigenvalue weighted by Crippen LogP contribution is -2.70. The van der Waals surface area contributed by atoms with Crippen LogP contribution in [-0.4, -0.2) is 19.0 Å². The molecule has 14 heavy (non-hydrogen) atoms. The Labute approximate surface area is 84.4 Å². The first-order valence-corrected chi connectivity index (χ1v) is 5.75. The highest BCUT2D eigenvalue weighted by Crippen LogP contribution is 2.71. The van der Waals surface area contributed by atoms with Crippen LogP contribution in [0.5, 0.6) is 0 Å². The van der Waals surface area contributed by atoms with E-state index in [1.54, 1.807) is 0 Å². The fourth-order valence-corrected chi connectivity index (χ4v) is 3.92. The molecule has 1 heterocycles. The second-order valence-corrected chi connectivity index (χ2v) is 5.32. The Kier molecular flexibility index (Phi) is 1.69. The second kappa shape index (κ2) is 2.72. The van der Waals surface area contributed by atoms with Crippen LogP contribution >= 0.6 is 0 Å². The van der Waals surface area contributed by atoms with Crippen molar-refractivity contribution in [1.82, 2.24) is 5.32 Å². The van der Waals surface area contributed by atoms with Crippen molar-refractivity contribution >= 4 is 5.91 Å². The highest BCUT2D eigenvalue weighted by atomic mass is 16.1. The predicted octanol–water partition coefficient (Wildman–Crippen LogP) is 0.497. The van der Waals surface area contributed by atoms with Crippen molar-refractivity contribution < 1.29 is 4.79 Å². The van der Waals surface area contributed by atoms with Gasteiger partial charge in [-0.2, -0.15) is 0 Å². The third-order valence-electron chi connectivity index (χ3n) is 4.73. The molecule has 1 saturated heterocycles. The number of primary amides is 1. The number of nitrogens with one attached hydrogen (secondary N) is 1. The summed E-state index contributed by atoms with van der Waals surface area (Å²) in [7, 11) is 0. The molecule has 4 aliphatic rings. The highest BCUT2D eigenvalue weighted by molar-refractivity contribution is 5.84. The summed E-state index contributed by atoms with van der Waals surface area (Å²) in [5.41, 5.74) is 5.45. The monoisotopic (exact) mass is 194 g/mol. The Bertz CT molecular complexity index is 264. The van der Waals surface area contributed by atoms with Crippen molar-refractivity contribution in [2.24, 2.45) is 28.9 Å². The second-order valence-electron chi connectivity index (χ2n) is 5.32. The first kappa shape index (κ1) is 8.72. The lowest BCUT2D eigenvalue weighted by atomic mass is 9.34. The summed E-state index contributed by atoms with van der Waals surface area (Å²) in [5, 5.41) is 3.43. The largest absolute Gasteiger partial charge is 0.369 e. The van der Waals surface area contributed by atoms with Gasteiger partial charge in [0.15, 0.2) is 0 Å². The number of carbonyl (C=O) groups excluding carboxylic acids is 1. The van der Waals surface area contributed by atoms with E-state index in [1.165, 1.54) is 12.8 Å². The molecule has 0 radical (unpaired) electrons. The summed E-state index contributed by atoms with van der Waals surface area (Å²) in [6, 6.07) is 0.